The highest BCUT2D eigenvalue weighted by Crippen LogP contribution is 2.31. The van der Waals surface area contributed by atoms with Gasteiger partial charge in [0.25, 0.3) is 0 Å². The first-order chi connectivity index (χ1) is 9.63. The molecule has 0 amide bonds. The molecule has 2 heterocycles. The Morgan fingerprint density at radius 2 is 2.10 bits per heavy atom. The average molecular weight is 339 g/mol. The van der Waals surface area contributed by atoms with Crippen molar-refractivity contribution in [1.82, 2.24) is 14.6 Å². The molecule has 2 N–H and O–H groups in total. The van der Waals surface area contributed by atoms with E-state index in [4.69, 9.17) is 10.5 Å². The number of hydrogen-bond acceptors (Lipinski definition) is 4. The van der Waals surface area contributed by atoms with Gasteiger partial charge in [0.2, 0.25) is 5.95 Å². The molecule has 0 spiro atoms. The van der Waals surface area contributed by atoms with Crippen molar-refractivity contribution < 1.29 is 4.74 Å². The molecule has 2 aromatic rings. The standard InChI is InChI=1S/C14H19BrN4O/c1-9-2-4-10(5-3-9)8-20-12-6-13-17-18-14(16)19(13)7-11(12)15/h6-7,9-10H,2-5,8H2,1H3,(H2,16,18). The molecule has 5 nitrogen and oxygen atoms in total. The van der Waals surface area contributed by atoms with Crippen LogP contribution >= 0.6 is 15.9 Å². The van der Waals surface area contributed by atoms with Gasteiger partial charge in [0.15, 0.2) is 5.65 Å². The minimum absolute atomic E-state index is 0.383. The number of halogens is 1. The average Bonchev–Trinajstić information content (AvgIpc) is 2.79. The molecule has 3 rings (SSSR count). The second-order valence-corrected chi connectivity index (χ2v) is 6.56. The number of fused-ring (bicyclic) bond motifs is 1. The van der Waals surface area contributed by atoms with E-state index in [2.05, 4.69) is 33.1 Å². The van der Waals surface area contributed by atoms with Crippen LogP contribution in [0.4, 0.5) is 5.95 Å². The summed E-state index contributed by atoms with van der Waals surface area (Å²) in [6, 6.07) is 1.87. The van der Waals surface area contributed by atoms with Crippen molar-refractivity contribution in [3.8, 4) is 5.75 Å². The maximum Gasteiger partial charge on any atom is 0.226 e. The van der Waals surface area contributed by atoms with Gasteiger partial charge in [-0.05, 0) is 40.6 Å². The summed E-state index contributed by atoms with van der Waals surface area (Å²) in [5.74, 6) is 2.72. The summed E-state index contributed by atoms with van der Waals surface area (Å²) in [6.07, 6.45) is 7.00. The van der Waals surface area contributed by atoms with Crippen molar-refractivity contribution in [3.63, 3.8) is 0 Å². The van der Waals surface area contributed by atoms with Crippen LogP contribution in [0.5, 0.6) is 5.75 Å². The van der Waals surface area contributed by atoms with Gasteiger partial charge in [0.05, 0.1) is 11.1 Å². The molecule has 2 aromatic heterocycles. The number of aromatic nitrogens is 3. The van der Waals surface area contributed by atoms with E-state index in [-0.39, 0.29) is 0 Å². The fourth-order valence-electron chi connectivity index (χ4n) is 2.72. The Hall–Kier alpha value is -1.30. The highest BCUT2D eigenvalue weighted by molar-refractivity contribution is 9.10. The van der Waals surface area contributed by atoms with Crippen LogP contribution in [0.2, 0.25) is 0 Å². The number of anilines is 1. The van der Waals surface area contributed by atoms with E-state index in [9.17, 15) is 0 Å². The number of pyridine rings is 1. The topological polar surface area (TPSA) is 65.4 Å². The second-order valence-electron chi connectivity index (χ2n) is 5.71. The van der Waals surface area contributed by atoms with Crippen LogP contribution in [0.25, 0.3) is 5.65 Å². The lowest BCUT2D eigenvalue weighted by molar-refractivity contribution is 0.187. The van der Waals surface area contributed by atoms with E-state index in [0.717, 1.165) is 22.7 Å². The SMILES string of the molecule is CC1CCC(COc2cc3nnc(N)n3cc2Br)CC1. The molecular formula is C14H19BrN4O. The van der Waals surface area contributed by atoms with E-state index in [1.165, 1.54) is 25.7 Å². The van der Waals surface area contributed by atoms with E-state index < -0.39 is 0 Å². The molecule has 6 heteroatoms. The lowest BCUT2D eigenvalue weighted by Crippen LogP contribution is -2.18. The van der Waals surface area contributed by atoms with Crippen LogP contribution in [0.1, 0.15) is 32.6 Å². The van der Waals surface area contributed by atoms with Gasteiger partial charge < -0.3 is 10.5 Å². The van der Waals surface area contributed by atoms with Gasteiger partial charge in [-0.15, -0.1) is 10.2 Å². The van der Waals surface area contributed by atoms with Gasteiger partial charge in [-0.25, -0.2) is 0 Å². The van der Waals surface area contributed by atoms with Crippen LogP contribution in [0, 0.1) is 11.8 Å². The predicted molar refractivity (Wildman–Crippen MR) is 81.7 cm³/mol. The van der Waals surface area contributed by atoms with Crippen LogP contribution in [-0.2, 0) is 0 Å². The summed E-state index contributed by atoms with van der Waals surface area (Å²) in [5, 5.41) is 7.86. The maximum atomic E-state index is 5.96. The molecule has 0 radical (unpaired) electrons. The Labute approximate surface area is 126 Å². The molecule has 1 aliphatic rings. The van der Waals surface area contributed by atoms with E-state index in [1.54, 1.807) is 4.40 Å². The summed E-state index contributed by atoms with van der Waals surface area (Å²) in [4.78, 5) is 0. The van der Waals surface area contributed by atoms with Gasteiger partial charge in [-0.1, -0.05) is 19.8 Å². The van der Waals surface area contributed by atoms with Crippen molar-refractivity contribution in [2.45, 2.75) is 32.6 Å². The van der Waals surface area contributed by atoms with Crippen LogP contribution in [0.3, 0.4) is 0 Å². The highest BCUT2D eigenvalue weighted by atomic mass is 79.9. The molecular weight excluding hydrogens is 320 g/mol. The van der Waals surface area contributed by atoms with Crippen LogP contribution in [0.15, 0.2) is 16.7 Å². The first-order valence-electron chi connectivity index (χ1n) is 7.06. The zero-order valence-corrected chi connectivity index (χ0v) is 13.1. The predicted octanol–water partition coefficient (Wildman–Crippen LogP) is 3.28. The zero-order valence-electron chi connectivity index (χ0n) is 11.6. The van der Waals surface area contributed by atoms with Gasteiger partial charge in [-0.3, -0.25) is 4.40 Å². The van der Waals surface area contributed by atoms with Crippen LogP contribution < -0.4 is 10.5 Å². The number of nitrogen functional groups attached to an aromatic ring is 1. The summed E-state index contributed by atoms with van der Waals surface area (Å²) in [6.45, 7) is 3.10. The van der Waals surface area contributed by atoms with E-state index >= 15 is 0 Å². The molecule has 1 aliphatic carbocycles. The van der Waals surface area contributed by atoms with Gasteiger partial charge >= 0.3 is 0 Å². The quantitative estimate of drug-likeness (QED) is 0.932. The number of hydrogen-bond donors (Lipinski definition) is 1. The summed E-state index contributed by atoms with van der Waals surface area (Å²) >= 11 is 3.51. The highest BCUT2D eigenvalue weighted by Gasteiger charge is 2.19. The molecule has 0 bridgehead atoms. The number of nitrogens with two attached hydrogens (primary N) is 1. The lowest BCUT2D eigenvalue weighted by Gasteiger charge is -2.26. The van der Waals surface area contributed by atoms with Crippen molar-refractivity contribution in [1.29, 1.82) is 0 Å². The molecule has 0 aliphatic heterocycles. The van der Waals surface area contributed by atoms with E-state index in [1.807, 2.05) is 12.3 Å². The number of nitrogens with zero attached hydrogens (tertiary/aromatic N) is 3. The van der Waals surface area contributed by atoms with Gasteiger partial charge in [0.1, 0.15) is 5.75 Å². The monoisotopic (exact) mass is 338 g/mol. The Kier molecular flexibility index (Phi) is 3.83. The first kappa shape index (κ1) is 13.7. The first-order valence-corrected chi connectivity index (χ1v) is 7.85. The minimum atomic E-state index is 0.383. The number of rotatable bonds is 3. The largest absolute Gasteiger partial charge is 0.492 e. The third-order valence-electron chi connectivity index (χ3n) is 4.10. The molecule has 0 unspecified atom stereocenters. The molecule has 20 heavy (non-hydrogen) atoms. The second kappa shape index (κ2) is 5.60. The van der Waals surface area contributed by atoms with Crippen molar-refractivity contribution >= 4 is 27.5 Å². The Balaban J connectivity index is 1.69. The van der Waals surface area contributed by atoms with Gasteiger partial charge in [-0.2, -0.15) is 0 Å². The Bertz CT molecular complexity index is 604. The summed E-state index contributed by atoms with van der Waals surface area (Å²) < 4.78 is 8.57. The molecule has 0 atom stereocenters. The molecule has 0 saturated heterocycles. The van der Waals surface area contributed by atoms with Crippen molar-refractivity contribution in [2.75, 3.05) is 12.3 Å². The molecule has 108 valence electrons. The zero-order chi connectivity index (χ0) is 14.1. The lowest BCUT2D eigenvalue weighted by atomic mass is 9.83. The Morgan fingerprint density at radius 1 is 1.35 bits per heavy atom. The van der Waals surface area contributed by atoms with Crippen LogP contribution in [-0.4, -0.2) is 21.2 Å². The molecule has 1 saturated carbocycles. The fourth-order valence-corrected chi connectivity index (χ4v) is 3.16. The molecule has 0 aromatic carbocycles. The third kappa shape index (κ3) is 2.75. The smallest absolute Gasteiger partial charge is 0.226 e. The summed E-state index contributed by atoms with van der Waals surface area (Å²) in [7, 11) is 0. The van der Waals surface area contributed by atoms with Gasteiger partial charge in [0, 0.05) is 12.3 Å². The maximum absolute atomic E-state index is 5.96. The minimum Gasteiger partial charge on any atom is -0.492 e. The Morgan fingerprint density at radius 3 is 2.85 bits per heavy atom. The van der Waals surface area contributed by atoms with E-state index in [0.29, 0.717) is 17.5 Å². The summed E-state index contributed by atoms with van der Waals surface area (Å²) in [5.41, 5.74) is 6.43. The van der Waals surface area contributed by atoms with Crippen molar-refractivity contribution in [3.05, 3.63) is 16.7 Å². The third-order valence-corrected chi connectivity index (χ3v) is 4.69. The van der Waals surface area contributed by atoms with Crippen molar-refractivity contribution in [2.24, 2.45) is 11.8 Å². The molecule has 1 fully saturated rings. The fraction of sp³-hybridized carbons (Fsp3) is 0.571. The number of ether oxygens (including phenoxy) is 1. The normalized spacial score (nSPS) is 23.1.